The Hall–Kier alpha value is -1.75. The quantitative estimate of drug-likeness (QED) is 0.899. The monoisotopic (exact) mass is 327 g/mol. The molecule has 0 saturated carbocycles. The van der Waals surface area contributed by atoms with Crippen LogP contribution in [0.25, 0.3) is 0 Å². The molecule has 0 aliphatic rings. The number of carbonyl (C=O) groups is 2. The summed E-state index contributed by atoms with van der Waals surface area (Å²) in [5.41, 5.74) is 0.203. The highest BCUT2D eigenvalue weighted by molar-refractivity contribution is 6.30. The van der Waals surface area contributed by atoms with Crippen molar-refractivity contribution < 1.29 is 19.4 Å². The summed E-state index contributed by atoms with van der Waals surface area (Å²) in [6.07, 6.45) is -0.243. The average molecular weight is 328 g/mol. The minimum absolute atomic E-state index is 0.0662. The van der Waals surface area contributed by atoms with E-state index in [4.69, 9.17) is 16.3 Å². The number of carboxylic acids is 1. The van der Waals surface area contributed by atoms with E-state index < -0.39 is 23.6 Å². The molecule has 5 nitrogen and oxygen atoms in total. The van der Waals surface area contributed by atoms with Gasteiger partial charge in [-0.2, -0.15) is 0 Å². The second kappa shape index (κ2) is 7.49. The standard InChI is InChI=1S/C16H22ClNO4/c1-16(2,3)22-15(21)18(4)10-12(14(19)20)8-11-6-5-7-13(17)9-11/h5-7,9,12H,8,10H2,1-4H3,(H,19,20)/t12-/m1/s1. The maximum Gasteiger partial charge on any atom is 0.410 e. The van der Waals surface area contributed by atoms with E-state index in [2.05, 4.69) is 0 Å². The molecule has 0 radical (unpaired) electrons. The molecule has 122 valence electrons. The topological polar surface area (TPSA) is 66.8 Å². The molecule has 0 heterocycles. The molecule has 1 aromatic rings. The summed E-state index contributed by atoms with van der Waals surface area (Å²) >= 11 is 5.90. The van der Waals surface area contributed by atoms with Crippen molar-refractivity contribution in [2.45, 2.75) is 32.8 Å². The van der Waals surface area contributed by atoms with Crippen LogP contribution in [-0.2, 0) is 16.0 Å². The van der Waals surface area contributed by atoms with E-state index in [1.165, 1.54) is 11.9 Å². The van der Waals surface area contributed by atoms with Gasteiger partial charge < -0.3 is 14.7 Å². The summed E-state index contributed by atoms with van der Waals surface area (Å²) in [7, 11) is 1.53. The lowest BCUT2D eigenvalue weighted by Gasteiger charge is -2.26. The number of amides is 1. The predicted molar refractivity (Wildman–Crippen MR) is 85.1 cm³/mol. The Morgan fingerprint density at radius 2 is 2.00 bits per heavy atom. The number of rotatable bonds is 5. The molecule has 0 aromatic heterocycles. The third kappa shape index (κ3) is 6.35. The van der Waals surface area contributed by atoms with Crippen molar-refractivity contribution in [2.24, 2.45) is 5.92 Å². The third-order valence-corrected chi connectivity index (χ3v) is 3.15. The van der Waals surface area contributed by atoms with E-state index in [1.54, 1.807) is 39.0 Å². The van der Waals surface area contributed by atoms with Gasteiger partial charge in [-0.3, -0.25) is 4.79 Å². The summed E-state index contributed by atoms with van der Waals surface area (Å²) in [5, 5.41) is 9.91. The molecule has 0 spiro atoms. The first-order valence-corrected chi connectivity index (χ1v) is 7.37. The summed E-state index contributed by atoms with van der Waals surface area (Å²) in [5.74, 6) is -1.69. The molecule has 1 amide bonds. The molecule has 1 rings (SSSR count). The fraction of sp³-hybridized carbons (Fsp3) is 0.500. The van der Waals surface area contributed by atoms with Crippen LogP contribution in [0.1, 0.15) is 26.3 Å². The van der Waals surface area contributed by atoms with Crippen molar-refractivity contribution >= 4 is 23.7 Å². The molecule has 1 aromatic carbocycles. The van der Waals surface area contributed by atoms with E-state index in [0.29, 0.717) is 11.4 Å². The molecular formula is C16H22ClNO4. The van der Waals surface area contributed by atoms with Gasteiger partial charge in [-0.15, -0.1) is 0 Å². The molecule has 0 aliphatic carbocycles. The summed E-state index contributed by atoms with van der Waals surface area (Å²) < 4.78 is 5.22. The van der Waals surface area contributed by atoms with E-state index in [9.17, 15) is 14.7 Å². The van der Waals surface area contributed by atoms with Crippen LogP contribution in [0.15, 0.2) is 24.3 Å². The first kappa shape index (κ1) is 18.3. The lowest BCUT2D eigenvalue weighted by Crippen LogP contribution is -2.39. The number of carbonyl (C=O) groups excluding carboxylic acids is 1. The molecule has 0 fully saturated rings. The fourth-order valence-corrected chi connectivity index (χ4v) is 2.14. The SMILES string of the molecule is CN(C[C@@H](Cc1cccc(Cl)c1)C(=O)O)C(=O)OC(C)(C)C. The van der Waals surface area contributed by atoms with Crippen molar-refractivity contribution in [3.8, 4) is 0 Å². The van der Waals surface area contributed by atoms with Gasteiger partial charge in [0, 0.05) is 18.6 Å². The van der Waals surface area contributed by atoms with Crippen LogP contribution in [0.3, 0.4) is 0 Å². The van der Waals surface area contributed by atoms with Crippen LogP contribution in [0, 0.1) is 5.92 Å². The second-order valence-corrected chi connectivity index (χ2v) is 6.67. The molecule has 0 bridgehead atoms. The van der Waals surface area contributed by atoms with Gasteiger partial charge in [0.1, 0.15) is 5.60 Å². The highest BCUT2D eigenvalue weighted by atomic mass is 35.5. The van der Waals surface area contributed by atoms with Crippen molar-refractivity contribution in [3.05, 3.63) is 34.9 Å². The lowest BCUT2D eigenvalue weighted by atomic mass is 9.99. The van der Waals surface area contributed by atoms with Crippen LogP contribution >= 0.6 is 11.6 Å². The second-order valence-electron chi connectivity index (χ2n) is 6.23. The van der Waals surface area contributed by atoms with Crippen molar-refractivity contribution in [1.82, 2.24) is 4.90 Å². The van der Waals surface area contributed by atoms with Gasteiger partial charge in [-0.1, -0.05) is 23.7 Å². The van der Waals surface area contributed by atoms with Crippen LogP contribution in [0.2, 0.25) is 5.02 Å². The summed E-state index contributed by atoms with van der Waals surface area (Å²) in [4.78, 5) is 24.6. The van der Waals surface area contributed by atoms with Crippen LogP contribution in [0.4, 0.5) is 4.79 Å². The number of benzene rings is 1. The molecule has 0 saturated heterocycles. The van der Waals surface area contributed by atoms with Gasteiger partial charge in [0.15, 0.2) is 0 Å². The molecular weight excluding hydrogens is 306 g/mol. The maximum absolute atomic E-state index is 11.9. The highest BCUT2D eigenvalue weighted by Crippen LogP contribution is 2.16. The zero-order valence-corrected chi connectivity index (χ0v) is 14.1. The Kier molecular flexibility index (Phi) is 6.23. The molecule has 6 heteroatoms. The first-order valence-electron chi connectivity index (χ1n) is 7.00. The molecule has 1 atom stereocenters. The normalized spacial score (nSPS) is 12.6. The smallest absolute Gasteiger partial charge is 0.410 e. The number of hydrogen-bond acceptors (Lipinski definition) is 3. The molecule has 22 heavy (non-hydrogen) atoms. The third-order valence-electron chi connectivity index (χ3n) is 2.92. The van der Waals surface area contributed by atoms with E-state index in [-0.39, 0.29) is 6.54 Å². The number of halogens is 1. The van der Waals surface area contributed by atoms with Gasteiger partial charge in [0.05, 0.1) is 5.92 Å². The Morgan fingerprint density at radius 1 is 1.36 bits per heavy atom. The maximum atomic E-state index is 11.9. The van der Waals surface area contributed by atoms with Crippen molar-refractivity contribution in [2.75, 3.05) is 13.6 Å². The van der Waals surface area contributed by atoms with Gasteiger partial charge in [-0.05, 0) is 44.9 Å². The first-order chi connectivity index (χ1) is 10.1. The van der Waals surface area contributed by atoms with Gasteiger partial charge >= 0.3 is 12.1 Å². The number of ether oxygens (including phenoxy) is 1. The van der Waals surface area contributed by atoms with Gasteiger partial charge in [0.2, 0.25) is 0 Å². The van der Waals surface area contributed by atoms with Crippen LogP contribution in [-0.4, -0.2) is 41.3 Å². The minimum atomic E-state index is -0.963. The van der Waals surface area contributed by atoms with Gasteiger partial charge in [0.25, 0.3) is 0 Å². The Labute approximate surface area is 135 Å². The highest BCUT2D eigenvalue weighted by Gasteiger charge is 2.25. The lowest BCUT2D eigenvalue weighted by molar-refractivity contribution is -0.142. The minimum Gasteiger partial charge on any atom is -0.481 e. The van der Waals surface area contributed by atoms with Gasteiger partial charge in [-0.25, -0.2) is 4.79 Å². The summed E-state index contributed by atoms with van der Waals surface area (Å²) in [6, 6.07) is 7.04. The predicted octanol–water partition coefficient (Wildman–Crippen LogP) is 3.45. The molecule has 0 unspecified atom stereocenters. The molecule has 0 aliphatic heterocycles. The van der Waals surface area contributed by atoms with E-state index in [0.717, 1.165) is 5.56 Å². The van der Waals surface area contributed by atoms with Crippen LogP contribution in [0.5, 0.6) is 0 Å². The summed E-state index contributed by atoms with van der Waals surface area (Å²) in [6.45, 7) is 5.36. The largest absolute Gasteiger partial charge is 0.481 e. The number of nitrogens with zero attached hydrogens (tertiary/aromatic N) is 1. The Bertz CT molecular complexity index is 539. The molecule has 1 N–H and O–H groups in total. The Morgan fingerprint density at radius 3 is 2.50 bits per heavy atom. The van der Waals surface area contributed by atoms with E-state index in [1.807, 2.05) is 6.07 Å². The number of carboxylic acid groups (broad SMARTS) is 1. The van der Waals surface area contributed by atoms with Crippen molar-refractivity contribution in [3.63, 3.8) is 0 Å². The Balaban J connectivity index is 2.72. The average Bonchev–Trinajstić information content (AvgIpc) is 2.35. The number of hydrogen-bond donors (Lipinski definition) is 1. The van der Waals surface area contributed by atoms with Crippen molar-refractivity contribution in [1.29, 1.82) is 0 Å². The zero-order valence-electron chi connectivity index (χ0n) is 13.3. The fourth-order valence-electron chi connectivity index (χ4n) is 1.92. The van der Waals surface area contributed by atoms with E-state index >= 15 is 0 Å². The van der Waals surface area contributed by atoms with Crippen LogP contribution < -0.4 is 0 Å². The zero-order chi connectivity index (χ0) is 16.9. The number of aliphatic carboxylic acids is 1.